The van der Waals surface area contributed by atoms with E-state index in [1.807, 2.05) is 30.3 Å². The number of rotatable bonds is 13. The van der Waals surface area contributed by atoms with Gasteiger partial charge in [-0.05, 0) is 42.5 Å². The van der Waals surface area contributed by atoms with Gasteiger partial charge in [0, 0.05) is 5.57 Å². The molecule has 3 heteroatoms. The summed E-state index contributed by atoms with van der Waals surface area (Å²) >= 11 is 0. The predicted molar refractivity (Wildman–Crippen MR) is 111 cm³/mol. The Hall–Kier alpha value is -2.55. The van der Waals surface area contributed by atoms with Gasteiger partial charge in [-0.25, -0.2) is 4.79 Å². The van der Waals surface area contributed by atoms with E-state index < -0.39 is 5.97 Å². The zero-order valence-corrected chi connectivity index (χ0v) is 16.0. The smallest absolute Gasteiger partial charge is 0.330 e. The van der Waals surface area contributed by atoms with Gasteiger partial charge in [-0.2, -0.15) is 0 Å². The van der Waals surface area contributed by atoms with Crippen molar-refractivity contribution in [3.63, 3.8) is 0 Å². The van der Waals surface area contributed by atoms with Gasteiger partial charge in [0.2, 0.25) is 0 Å². The Kier molecular flexibility index (Phi) is 9.19. The third kappa shape index (κ3) is 8.12. The molecule has 2 aromatic carbocycles. The Morgan fingerprint density at radius 2 is 1.33 bits per heavy atom. The Morgan fingerprint density at radius 1 is 0.778 bits per heavy atom. The molecule has 2 aromatic rings. The second-order valence-electron chi connectivity index (χ2n) is 6.87. The van der Waals surface area contributed by atoms with E-state index >= 15 is 0 Å². The van der Waals surface area contributed by atoms with Crippen molar-refractivity contribution in [2.45, 2.75) is 51.4 Å². The molecule has 0 fully saturated rings. The van der Waals surface area contributed by atoms with Crippen molar-refractivity contribution in [3.05, 3.63) is 66.7 Å². The van der Waals surface area contributed by atoms with Crippen LogP contribution in [-0.2, 0) is 4.79 Å². The van der Waals surface area contributed by atoms with Crippen LogP contribution in [0.25, 0.3) is 11.1 Å². The molecule has 0 aliphatic carbocycles. The zero-order chi connectivity index (χ0) is 19.3. The van der Waals surface area contributed by atoms with Crippen molar-refractivity contribution in [1.82, 2.24) is 0 Å². The summed E-state index contributed by atoms with van der Waals surface area (Å²) in [6, 6.07) is 18.6. The predicted octanol–water partition coefficient (Wildman–Crippen LogP) is 6.49. The maximum atomic E-state index is 10.6. The molecule has 0 amide bonds. The average molecular weight is 367 g/mol. The van der Waals surface area contributed by atoms with E-state index in [4.69, 9.17) is 9.84 Å². The van der Waals surface area contributed by atoms with E-state index in [1.54, 1.807) is 0 Å². The highest BCUT2D eigenvalue weighted by molar-refractivity contribution is 5.85. The molecule has 0 atom stereocenters. The quantitative estimate of drug-likeness (QED) is 0.325. The minimum atomic E-state index is -0.871. The Labute approximate surface area is 162 Å². The SMILES string of the molecule is C=C(CCCCCCCCCOc1ccc(-c2ccccc2)cc1)C(=O)O. The summed E-state index contributed by atoms with van der Waals surface area (Å²) < 4.78 is 5.83. The lowest BCUT2D eigenvalue weighted by atomic mass is 10.1. The molecule has 0 saturated carbocycles. The minimum Gasteiger partial charge on any atom is -0.494 e. The van der Waals surface area contributed by atoms with Gasteiger partial charge in [0.05, 0.1) is 6.61 Å². The maximum absolute atomic E-state index is 10.6. The van der Waals surface area contributed by atoms with Crippen LogP contribution in [0.2, 0.25) is 0 Å². The van der Waals surface area contributed by atoms with E-state index in [9.17, 15) is 4.79 Å². The van der Waals surface area contributed by atoms with Crippen LogP contribution in [0.3, 0.4) is 0 Å². The molecule has 0 saturated heterocycles. The molecule has 2 rings (SSSR count). The first-order valence-corrected chi connectivity index (χ1v) is 9.86. The van der Waals surface area contributed by atoms with Crippen molar-refractivity contribution in [2.24, 2.45) is 0 Å². The van der Waals surface area contributed by atoms with Crippen molar-refractivity contribution in [3.8, 4) is 16.9 Å². The fraction of sp³-hybridized carbons (Fsp3) is 0.375. The molecule has 0 aliphatic heterocycles. The number of aliphatic carboxylic acids is 1. The number of hydrogen-bond donors (Lipinski definition) is 1. The lowest BCUT2D eigenvalue weighted by Crippen LogP contribution is -1.98. The zero-order valence-electron chi connectivity index (χ0n) is 16.0. The fourth-order valence-electron chi connectivity index (χ4n) is 3.00. The molecule has 27 heavy (non-hydrogen) atoms. The lowest BCUT2D eigenvalue weighted by molar-refractivity contribution is -0.132. The van der Waals surface area contributed by atoms with Crippen LogP contribution < -0.4 is 4.74 Å². The van der Waals surface area contributed by atoms with Crippen LogP contribution >= 0.6 is 0 Å². The fourth-order valence-corrected chi connectivity index (χ4v) is 3.00. The molecule has 0 aromatic heterocycles. The van der Waals surface area contributed by atoms with E-state index in [0.29, 0.717) is 12.0 Å². The van der Waals surface area contributed by atoms with Crippen LogP contribution in [0.1, 0.15) is 51.4 Å². The molecular weight excluding hydrogens is 336 g/mol. The van der Waals surface area contributed by atoms with Gasteiger partial charge in [0.15, 0.2) is 0 Å². The normalized spacial score (nSPS) is 10.5. The summed E-state index contributed by atoms with van der Waals surface area (Å²) in [6.45, 7) is 4.31. The first-order valence-electron chi connectivity index (χ1n) is 9.86. The van der Waals surface area contributed by atoms with E-state index in [0.717, 1.165) is 38.0 Å². The molecule has 1 N–H and O–H groups in total. The van der Waals surface area contributed by atoms with Gasteiger partial charge in [-0.15, -0.1) is 0 Å². The summed E-state index contributed by atoms with van der Waals surface area (Å²) in [6.07, 6.45) is 8.41. The monoisotopic (exact) mass is 366 g/mol. The molecule has 0 bridgehead atoms. The van der Waals surface area contributed by atoms with E-state index in [1.165, 1.54) is 30.4 Å². The molecule has 144 valence electrons. The summed E-state index contributed by atoms with van der Waals surface area (Å²) in [4.78, 5) is 10.6. The first-order chi connectivity index (χ1) is 13.2. The average Bonchev–Trinajstić information content (AvgIpc) is 2.70. The van der Waals surface area contributed by atoms with Gasteiger partial charge in [-0.3, -0.25) is 0 Å². The van der Waals surface area contributed by atoms with Crippen molar-refractivity contribution in [1.29, 1.82) is 0 Å². The number of hydrogen-bond acceptors (Lipinski definition) is 2. The maximum Gasteiger partial charge on any atom is 0.330 e. The second-order valence-corrected chi connectivity index (χ2v) is 6.87. The topological polar surface area (TPSA) is 46.5 Å². The molecule has 0 unspecified atom stereocenters. The van der Waals surface area contributed by atoms with Gasteiger partial charge in [0.1, 0.15) is 5.75 Å². The molecule has 0 spiro atoms. The van der Waals surface area contributed by atoms with Gasteiger partial charge in [0.25, 0.3) is 0 Å². The Balaban J connectivity index is 1.50. The highest BCUT2D eigenvalue weighted by Crippen LogP contribution is 2.22. The lowest BCUT2D eigenvalue weighted by Gasteiger charge is -2.08. The van der Waals surface area contributed by atoms with Crippen molar-refractivity contribution >= 4 is 5.97 Å². The van der Waals surface area contributed by atoms with Crippen LogP contribution in [0.5, 0.6) is 5.75 Å². The Bertz CT molecular complexity index is 689. The number of benzene rings is 2. The van der Waals surface area contributed by atoms with Crippen LogP contribution in [0.15, 0.2) is 66.7 Å². The number of carboxylic acid groups (broad SMARTS) is 1. The largest absolute Gasteiger partial charge is 0.494 e. The third-order valence-corrected chi connectivity index (χ3v) is 4.66. The van der Waals surface area contributed by atoms with Gasteiger partial charge >= 0.3 is 5.97 Å². The number of ether oxygens (including phenoxy) is 1. The molecule has 0 heterocycles. The minimum absolute atomic E-state index is 0.323. The van der Waals surface area contributed by atoms with Crippen molar-refractivity contribution < 1.29 is 14.6 Å². The number of carbonyl (C=O) groups is 1. The summed E-state index contributed by atoms with van der Waals surface area (Å²) in [7, 11) is 0. The van der Waals surface area contributed by atoms with Crippen LogP contribution in [0, 0.1) is 0 Å². The summed E-state index contributed by atoms with van der Waals surface area (Å²) in [5, 5.41) is 8.74. The van der Waals surface area contributed by atoms with Crippen LogP contribution in [-0.4, -0.2) is 17.7 Å². The highest BCUT2D eigenvalue weighted by atomic mass is 16.5. The van der Waals surface area contributed by atoms with Crippen molar-refractivity contribution in [2.75, 3.05) is 6.61 Å². The summed E-state index contributed by atoms with van der Waals surface area (Å²) in [5.41, 5.74) is 2.75. The molecule has 0 aliphatic rings. The molecule has 3 nitrogen and oxygen atoms in total. The first kappa shape index (κ1) is 20.8. The van der Waals surface area contributed by atoms with Crippen LogP contribution in [0.4, 0.5) is 0 Å². The van der Waals surface area contributed by atoms with Gasteiger partial charge < -0.3 is 9.84 Å². The number of unbranched alkanes of at least 4 members (excludes halogenated alkanes) is 6. The summed E-state index contributed by atoms with van der Waals surface area (Å²) in [5.74, 6) is 0.0537. The van der Waals surface area contributed by atoms with E-state index in [2.05, 4.69) is 30.8 Å². The standard InChI is InChI=1S/C24H30O3/c1-20(24(25)26)12-8-5-3-2-4-6-11-19-27-23-17-15-22(16-18-23)21-13-9-7-10-14-21/h7,9-10,13-18H,1-6,8,11-12,19H2,(H,25,26). The van der Waals surface area contributed by atoms with E-state index in [-0.39, 0.29) is 0 Å². The Morgan fingerprint density at radius 3 is 1.96 bits per heavy atom. The molecule has 0 radical (unpaired) electrons. The third-order valence-electron chi connectivity index (χ3n) is 4.66. The molecular formula is C24H30O3. The highest BCUT2D eigenvalue weighted by Gasteiger charge is 2.02. The second kappa shape index (κ2) is 11.9. The van der Waals surface area contributed by atoms with Gasteiger partial charge in [-0.1, -0.05) is 81.1 Å². The number of carboxylic acids is 1.